The van der Waals surface area contributed by atoms with Crippen LogP contribution in [0.3, 0.4) is 0 Å². The molecule has 3 atom stereocenters. The van der Waals surface area contributed by atoms with Gasteiger partial charge in [0.1, 0.15) is 11.6 Å². The molecule has 1 N–H and O–H groups in total. The summed E-state index contributed by atoms with van der Waals surface area (Å²) < 4.78 is 14.0. The lowest BCUT2D eigenvalue weighted by Crippen LogP contribution is -2.42. The second-order valence-electron chi connectivity index (χ2n) is 8.46. The van der Waals surface area contributed by atoms with Crippen molar-refractivity contribution in [2.24, 2.45) is 11.8 Å². The van der Waals surface area contributed by atoms with Crippen LogP contribution in [0.25, 0.3) is 0 Å². The van der Waals surface area contributed by atoms with Crippen LogP contribution in [-0.2, 0) is 0 Å². The number of fused-ring (bicyclic) bond motifs is 1. The Morgan fingerprint density at radius 1 is 1.10 bits per heavy atom. The summed E-state index contributed by atoms with van der Waals surface area (Å²) in [6.07, 6.45) is 0. The van der Waals surface area contributed by atoms with E-state index < -0.39 is 0 Å². The lowest BCUT2D eigenvalue weighted by Gasteiger charge is -2.32. The van der Waals surface area contributed by atoms with E-state index in [1.807, 2.05) is 13.0 Å². The Kier molecular flexibility index (Phi) is 5.13. The van der Waals surface area contributed by atoms with Gasteiger partial charge in [0.15, 0.2) is 0 Å². The number of urea groups is 1. The average molecular weight is 411 g/mol. The van der Waals surface area contributed by atoms with E-state index in [1.54, 1.807) is 42.1 Å². The normalized spacial score (nSPS) is 22.9. The predicted molar refractivity (Wildman–Crippen MR) is 111 cm³/mol. The van der Waals surface area contributed by atoms with Crippen molar-refractivity contribution in [3.05, 3.63) is 65.0 Å². The molecule has 0 bridgehead atoms. The highest BCUT2D eigenvalue weighted by atomic mass is 19.1. The smallest absolute Gasteiger partial charge is 0.320 e. The standard InChI is InChI=1S/C23H26FN3O3/c1-14-7-8-18(28)10-19(14)22(29)26-11-16-12-27(23(30)25(2)3)21(20(16)13-26)15-5-4-6-17(24)9-15/h4-10,16,20-21,28H,11-13H2,1-3H3/t16-,20-,21-/m1/s1. The number of carbonyl (C=O) groups excluding carboxylic acids is 2. The summed E-state index contributed by atoms with van der Waals surface area (Å²) in [5.41, 5.74) is 2.04. The molecule has 30 heavy (non-hydrogen) atoms. The highest BCUT2D eigenvalue weighted by molar-refractivity contribution is 5.96. The van der Waals surface area contributed by atoms with Gasteiger partial charge in [-0.05, 0) is 42.3 Å². The number of likely N-dealkylation sites (tertiary alicyclic amines) is 2. The lowest BCUT2D eigenvalue weighted by molar-refractivity contribution is 0.0765. The molecular formula is C23H26FN3O3. The first-order chi connectivity index (χ1) is 14.3. The first-order valence-electron chi connectivity index (χ1n) is 10.1. The van der Waals surface area contributed by atoms with E-state index in [0.29, 0.717) is 25.2 Å². The summed E-state index contributed by atoms with van der Waals surface area (Å²) in [4.78, 5) is 31.1. The van der Waals surface area contributed by atoms with Gasteiger partial charge in [0.25, 0.3) is 5.91 Å². The van der Waals surface area contributed by atoms with E-state index in [1.165, 1.54) is 23.1 Å². The maximum Gasteiger partial charge on any atom is 0.320 e. The third kappa shape index (κ3) is 3.49. The summed E-state index contributed by atoms with van der Waals surface area (Å²) in [6, 6.07) is 10.8. The molecule has 6 nitrogen and oxygen atoms in total. The number of benzene rings is 2. The Morgan fingerprint density at radius 2 is 1.87 bits per heavy atom. The number of halogens is 1. The molecule has 3 amide bonds. The number of carbonyl (C=O) groups is 2. The largest absolute Gasteiger partial charge is 0.508 e. The first kappa shape index (κ1) is 20.2. The Bertz CT molecular complexity index is 993. The number of amides is 3. The molecule has 0 radical (unpaired) electrons. The number of hydrogen-bond acceptors (Lipinski definition) is 3. The van der Waals surface area contributed by atoms with Gasteiger partial charge in [-0.2, -0.15) is 0 Å². The van der Waals surface area contributed by atoms with Crippen LogP contribution in [0.1, 0.15) is 27.5 Å². The van der Waals surface area contributed by atoms with Crippen LogP contribution in [-0.4, -0.2) is 65.5 Å². The van der Waals surface area contributed by atoms with Gasteiger partial charge < -0.3 is 19.8 Å². The van der Waals surface area contributed by atoms with Crippen molar-refractivity contribution >= 4 is 11.9 Å². The molecule has 0 aromatic heterocycles. The van der Waals surface area contributed by atoms with Gasteiger partial charge in [0.2, 0.25) is 0 Å². The SMILES string of the molecule is Cc1ccc(O)cc1C(=O)N1C[C@@H]2CN(C(=O)N(C)C)[C@H](c3cccc(F)c3)[C@@H]2C1. The average Bonchev–Trinajstić information content (AvgIpc) is 3.26. The fourth-order valence-corrected chi connectivity index (χ4v) is 4.79. The minimum Gasteiger partial charge on any atom is -0.508 e. The summed E-state index contributed by atoms with van der Waals surface area (Å²) in [6.45, 7) is 3.38. The molecule has 158 valence electrons. The maximum absolute atomic E-state index is 14.0. The zero-order valence-corrected chi connectivity index (χ0v) is 17.4. The van der Waals surface area contributed by atoms with E-state index in [4.69, 9.17) is 0 Å². The van der Waals surface area contributed by atoms with Crippen molar-refractivity contribution in [3.63, 3.8) is 0 Å². The van der Waals surface area contributed by atoms with Crippen molar-refractivity contribution < 1.29 is 19.1 Å². The van der Waals surface area contributed by atoms with E-state index in [9.17, 15) is 19.1 Å². The van der Waals surface area contributed by atoms with E-state index >= 15 is 0 Å². The maximum atomic E-state index is 14.0. The number of nitrogens with zero attached hydrogens (tertiary/aromatic N) is 3. The van der Waals surface area contributed by atoms with E-state index in [-0.39, 0.29) is 41.4 Å². The van der Waals surface area contributed by atoms with Crippen LogP contribution in [0, 0.1) is 24.6 Å². The molecule has 2 aromatic rings. The van der Waals surface area contributed by atoms with Crippen LogP contribution >= 0.6 is 0 Å². The molecular weight excluding hydrogens is 385 g/mol. The van der Waals surface area contributed by atoms with Crippen molar-refractivity contribution in [1.82, 2.24) is 14.7 Å². The molecule has 4 rings (SSSR count). The fourth-order valence-electron chi connectivity index (χ4n) is 4.79. The minimum atomic E-state index is -0.338. The van der Waals surface area contributed by atoms with Crippen LogP contribution in [0.4, 0.5) is 9.18 Å². The van der Waals surface area contributed by atoms with E-state index in [0.717, 1.165) is 11.1 Å². The molecule has 2 fully saturated rings. The molecule has 0 saturated carbocycles. The van der Waals surface area contributed by atoms with Crippen molar-refractivity contribution in [2.75, 3.05) is 33.7 Å². The molecule has 0 unspecified atom stereocenters. The molecule has 2 saturated heterocycles. The monoisotopic (exact) mass is 411 g/mol. The summed E-state index contributed by atoms with van der Waals surface area (Å²) in [7, 11) is 3.42. The summed E-state index contributed by atoms with van der Waals surface area (Å²) in [5, 5.41) is 9.80. The van der Waals surface area contributed by atoms with Crippen molar-refractivity contribution in [3.8, 4) is 5.75 Å². The van der Waals surface area contributed by atoms with E-state index in [2.05, 4.69) is 0 Å². The molecule has 2 aliphatic rings. The second-order valence-corrected chi connectivity index (χ2v) is 8.46. The van der Waals surface area contributed by atoms with Gasteiger partial charge in [-0.3, -0.25) is 4.79 Å². The second kappa shape index (κ2) is 7.63. The van der Waals surface area contributed by atoms with Crippen LogP contribution < -0.4 is 0 Å². The Hall–Kier alpha value is -3.09. The third-order valence-electron chi connectivity index (χ3n) is 6.22. The van der Waals surface area contributed by atoms with Crippen LogP contribution in [0.5, 0.6) is 5.75 Å². The molecule has 0 aliphatic carbocycles. The number of aromatic hydroxyl groups is 1. The fraction of sp³-hybridized carbons (Fsp3) is 0.391. The van der Waals surface area contributed by atoms with Crippen molar-refractivity contribution in [2.45, 2.75) is 13.0 Å². The van der Waals surface area contributed by atoms with Gasteiger partial charge in [-0.15, -0.1) is 0 Å². The lowest BCUT2D eigenvalue weighted by atomic mass is 9.89. The predicted octanol–water partition coefficient (Wildman–Crippen LogP) is 3.27. The van der Waals surface area contributed by atoms with Crippen molar-refractivity contribution in [1.29, 1.82) is 0 Å². The summed E-state index contributed by atoms with van der Waals surface area (Å²) in [5.74, 6) is -0.263. The van der Waals surface area contributed by atoms with Gasteiger partial charge in [0.05, 0.1) is 6.04 Å². The molecule has 2 aliphatic heterocycles. The van der Waals surface area contributed by atoms with Gasteiger partial charge >= 0.3 is 6.03 Å². The van der Waals surface area contributed by atoms with Gasteiger partial charge in [-0.25, -0.2) is 9.18 Å². The topological polar surface area (TPSA) is 64.1 Å². The molecule has 0 spiro atoms. The highest BCUT2D eigenvalue weighted by Crippen LogP contribution is 2.45. The minimum absolute atomic E-state index is 0.0252. The zero-order valence-electron chi connectivity index (χ0n) is 17.4. The van der Waals surface area contributed by atoms with Crippen LogP contribution in [0.2, 0.25) is 0 Å². The third-order valence-corrected chi connectivity index (χ3v) is 6.22. The number of phenolic OH excluding ortho intramolecular Hbond substituents is 1. The highest BCUT2D eigenvalue weighted by Gasteiger charge is 2.50. The van der Waals surface area contributed by atoms with Gasteiger partial charge in [-0.1, -0.05) is 18.2 Å². The number of phenols is 1. The van der Waals surface area contributed by atoms with Crippen LogP contribution in [0.15, 0.2) is 42.5 Å². The molecule has 2 aromatic carbocycles. The quantitative estimate of drug-likeness (QED) is 0.825. The Balaban J connectivity index is 1.63. The molecule has 2 heterocycles. The first-order valence-corrected chi connectivity index (χ1v) is 10.1. The Morgan fingerprint density at radius 3 is 2.57 bits per heavy atom. The number of aryl methyl sites for hydroxylation is 1. The Labute approximate surface area is 175 Å². The summed E-state index contributed by atoms with van der Waals surface area (Å²) >= 11 is 0. The molecule has 7 heteroatoms. The zero-order chi connectivity index (χ0) is 21.6. The number of rotatable bonds is 2. The number of hydrogen-bond donors (Lipinski definition) is 1. The van der Waals surface area contributed by atoms with Gasteiger partial charge in [0, 0.05) is 51.1 Å².